The van der Waals surface area contributed by atoms with E-state index in [1.807, 2.05) is 6.07 Å². The molecule has 0 bridgehead atoms. The summed E-state index contributed by atoms with van der Waals surface area (Å²) in [5.41, 5.74) is 6.49. The Morgan fingerprint density at radius 2 is 1.88 bits per heavy atom. The van der Waals surface area contributed by atoms with Gasteiger partial charge in [-0.15, -0.1) is 0 Å². The third-order valence-corrected chi connectivity index (χ3v) is 3.89. The summed E-state index contributed by atoms with van der Waals surface area (Å²) in [6.07, 6.45) is 1.59. The summed E-state index contributed by atoms with van der Waals surface area (Å²) >= 11 is 5.77. The lowest BCUT2D eigenvalue weighted by molar-refractivity contribution is -0.121. The number of ether oxygens (including phenoxy) is 1. The molecule has 0 atom stereocenters. The highest BCUT2D eigenvalue weighted by atomic mass is 35.5. The lowest BCUT2D eigenvalue weighted by Crippen LogP contribution is -2.42. The number of amides is 2. The third-order valence-electron chi connectivity index (χ3n) is 3.64. The second kappa shape index (κ2) is 7.27. The molecule has 0 aliphatic carbocycles. The quantitative estimate of drug-likeness (QED) is 0.702. The zero-order chi connectivity index (χ0) is 17.8. The van der Waals surface area contributed by atoms with E-state index in [4.69, 9.17) is 20.8 Å². The lowest BCUT2D eigenvalue weighted by atomic mass is 10.1. The van der Waals surface area contributed by atoms with E-state index in [-0.39, 0.29) is 12.3 Å². The predicted molar refractivity (Wildman–Crippen MR) is 93.5 cm³/mol. The molecular formula is C18H15ClN2O4. The third kappa shape index (κ3) is 3.92. The number of fused-ring (bicyclic) bond motifs is 1. The van der Waals surface area contributed by atoms with Gasteiger partial charge in [0.15, 0.2) is 0 Å². The second-order valence-electron chi connectivity index (χ2n) is 5.31. The highest BCUT2D eigenvalue weighted by Crippen LogP contribution is 2.25. The molecule has 2 amide bonds. The van der Waals surface area contributed by atoms with Crippen LogP contribution in [0.15, 0.2) is 53.1 Å². The monoisotopic (exact) mass is 358 g/mol. The standard InChI is InChI=1S/C18H15ClN2O4/c1-24-14-6-7-15-12(10-25-16(15)9-14)8-17(22)20-21-18(23)11-2-4-13(19)5-3-11/h2-7,9-10H,8H2,1H3,(H,20,22)(H,21,23). The lowest BCUT2D eigenvalue weighted by Gasteiger charge is -2.07. The molecule has 3 rings (SSSR count). The van der Waals surface area contributed by atoms with Crippen LogP contribution in [0.1, 0.15) is 15.9 Å². The molecule has 0 unspecified atom stereocenters. The molecule has 2 N–H and O–H groups in total. The van der Waals surface area contributed by atoms with Crippen molar-refractivity contribution in [2.24, 2.45) is 0 Å². The van der Waals surface area contributed by atoms with E-state index in [1.54, 1.807) is 43.5 Å². The number of nitrogens with one attached hydrogen (secondary N) is 2. The summed E-state index contributed by atoms with van der Waals surface area (Å²) in [5.74, 6) is -0.110. The molecule has 25 heavy (non-hydrogen) atoms. The normalized spacial score (nSPS) is 10.5. The van der Waals surface area contributed by atoms with Crippen LogP contribution in [0, 0.1) is 0 Å². The Kier molecular flexibility index (Phi) is 4.90. The van der Waals surface area contributed by atoms with Crippen LogP contribution in [-0.2, 0) is 11.2 Å². The fourth-order valence-electron chi connectivity index (χ4n) is 2.34. The van der Waals surface area contributed by atoms with Crippen molar-refractivity contribution in [1.29, 1.82) is 0 Å². The molecule has 128 valence electrons. The topological polar surface area (TPSA) is 80.6 Å². The largest absolute Gasteiger partial charge is 0.497 e. The zero-order valence-electron chi connectivity index (χ0n) is 13.3. The minimum absolute atomic E-state index is 0.0697. The van der Waals surface area contributed by atoms with Gasteiger partial charge in [0.25, 0.3) is 5.91 Å². The predicted octanol–water partition coefficient (Wildman–Crippen LogP) is 3.10. The molecule has 0 saturated carbocycles. The molecule has 1 aromatic heterocycles. The molecule has 0 aliphatic rings. The van der Waals surface area contributed by atoms with Crippen molar-refractivity contribution in [2.45, 2.75) is 6.42 Å². The molecule has 0 saturated heterocycles. The van der Waals surface area contributed by atoms with Crippen LogP contribution in [0.4, 0.5) is 0 Å². The smallest absolute Gasteiger partial charge is 0.269 e. The highest BCUT2D eigenvalue weighted by Gasteiger charge is 2.12. The molecule has 0 spiro atoms. The van der Waals surface area contributed by atoms with E-state index in [2.05, 4.69) is 10.9 Å². The van der Waals surface area contributed by atoms with Crippen LogP contribution in [-0.4, -0.2) is 18.9 Å². The maximum absolute atomic E-state index is 12.1. The molecular weight excluding hydrogens is 344 g/mol. The fraction of sp³-hybridized carbons (Fsp3) is 0.111. The van der Waals surface area contributed by atoms with Crippen LogP contribution in [0.2, 0.25) is 5.02 Å². The van der Waals surface area contributed by atoms with Crippen molar-refractivity contribution in [3.8, 4) is 5.75 Å². The van der Waals surface area contributed by atoms with E-state index in [0.29, 0.717) is 21.9 Å². The number of carbonyl (C=O) groups excluding carboxylic acids is 2. The van der Waals surface area contributed by atoms with Crippen LogP contribution in [0.25, 0.3) is 11.0 Å². The number of benzene rings is 2. The van der Waals surface area contributed by atoms with Gasteiger partial charge in [-0.25, -0.2) is 0 Å². The SMILES string of the molecule is COc1ccc2c(CC(=O)NNC(=O)c3ccc(Cl)cc3)coc2c1. The molecule has 2 aromatic carbocycles. The number of methoxy groups -OCH3 is 1. The Balaban J connectivity index is 1.61. The van der Waals surface area contributed by atoms with Crippen LogP contribution < -0.4 is 15.6 Å². The van der Waals surface area contributed by atoms with E-state index in [1.165, 1.54) is 6.26 Å². The minimum atomic E-state index is -0.424. The van der Waals surface area contributed by atoms with Gasteiger partial charge in [0.2, 0.25) is 5.91 Å². The second-order valence-corrected chi connectivity index (χ2v) is 5.75. The number of hydrogen-bond acceptors (Lipinski definition) is 4. The Labute approximate surface area is 148 Å². The fourth-order valence-corrected chi connectivity index (χ4v) is 2.47. The Hall–Kier alpha value is -2.99. The van der Waals surface area contributed by atoms with Crippen molar-refractivity contribution < 1.29 is 18.7 Å². The molecule has 0 radical (unpaired) electrons. The number of hydrazine groups is 1. The molecule has 7 heteroatoms. The zero-order valence-corrected chi connectivity index (χ0v) is 14.1. The summed E-state index contributed by atoms with van der Waals surface area (Å²) in [6, 6.07) is 11.7. The average Bonchev–Trinajstić information content (AvgIpc) is 3.02. The first-order valence-electron chi connectivity index (χ1n) is 7.45. The van der Waals surface area contributed by atoms with Gasteiger partial charge in [-0.05, 0) is 36.4 Å². The highest BCUT2D eigenvalue weighted by molar-refractivity contribution is 6.30. The first-order chi connectivity index (χ1) is 12.1. The molecule has 6 nitrogen and oxygen atoms in total. The van der Waals surface area contributed by atoms with Gasteiger partial charge in [-0.1, -0.05) is 11.6 Å². The first-order valence-corrected chi connectivity index (χ1v) is 7.83. The van der Waals surface area contributed by atoms with E-state index in [9.17, 15) is 9.59 Å². The summed E-state index contributed by atoms with van der Waals surface area (Å²) in [5, 5.41) is 1.35. The number of hydrogen-bond donors (Lipinski definition) is 2. The maximum atomic E-state index is 12.1. The summed E-state index contributed by atoms with van der Waals surface area (Å²) in [6.45, 7) is 0. The van der Waals surface area contributed by atoms with Crippen LogP contribution in [0.3, 0.4) is 0 Å². The summed E-state index contributed by atoms with van der Waals surface area (Å²) in [7, 11) is 1.57. The van der Waals surface area contributed by atoms with Gasteiger partial charge >= 0.3 is 0 Å². The Morgan fingerprint density at radius 1 is 1.12 bits per heavy atom. The van der Waals surface area contributed by atoms with Gasteiger partial charge in [-0.2, -0.15) is 0 Å². The van der Waals surface area contributed by atoms with Crippen LogP contribution in [0.5, 0.6) is 5.75 Å². The maximum Gasteiger partial charge on any atom is 0.269 e. The molecule has 3 aromatic rings. The van der Waals surface area contributed by atoms with E-state index >= 15 is 0 Å². The average molecular weight is 359 g/mol. The minimum Gasteiger partial charge on any atom is -0.497 e. The van der Waals surface area contributed by atoms with Gasteiger partial charge in [-0.3, -0.25) is 20.4 Å². The van der Waals surface area contributed by atoms with E-state index < -0.39 is 5.91 Å². The Bertz CT molecular complexity index is 918. The number of furan rings is 1. The number of rotatable bonds is 4. The van der Waals surface area contributed by atoms with Crippen molar-refractivity contribution >= 4 is 34.4 Å². The first kappa shape index (κ1) is 16.9. The number of halogens is 1. The van der Waals surface area contributed by atoms with Gasteiger partial charge in [0.05, 0.1) is 19.8 Å². The summed E-state index contributed by atoms with van der Waals surface area (Å²) in [4.78, 5) is 24.0. The van der Waals surface area contributed by atoms with Gasteiger partial charge in [0, 0.05) is 27.6 Å². The van der Waals surface area contributed by atoms with Gasteiger partial charge < -0.3 is 9.15 Å². The molecule has 0 aliphatic heterocycles. The Morgan fingerprint density at radius 3 is 2.60 bits per heavy atom. The van der Waals surface area contributed by atoms with Crippen molar-refractivity contribution in [3.05, 3.63) is 64.9 Å². The number of carbonyl (C=O) groups is 2. The molecule has 1 heterocycles. The molecule has 0 fully saturated rings. The van der Waals surface area contributed by atoms with Crippen molar-refractivity contribution in [2.75, 3.05) is 7.11 Å². The van der Waals surface area contributed by atoms with Crippen molar-refractivity contribution in [3.63, 3.8) is 0 Å². The summed E-state index contributed by atoms with van der Waals surface area (Å²) < 4.78 is 10.6. The van der Waals surface area contributed by atoms with Crippen molar-refractivity contribution in [1.82, 2.24) is 10.9 Å². The van der Waals surface area contributed by atoms with Crippen LogP contribution >= 0.6 is 11.6 Å². The van der Waals surface area contributed by atoms with Gasteiger partial charge in [0.1, 0.15) is 11.3 Å². The van der Waals surface area contributed by atoms with E-state index in [0.717, 1.165) is 10.9 Å².